The maximum Gasteiger partial charge on any atom is 0.262 e. The van der Waals surface area contributed by atoms with Crippen LogP contribution in [0.4, 0.5) is 11.4 Å². The molecule has 0 bridgehead atoms. The Kier molecular flexibility index (Phi) is 6.79. The number of nitrogens with zero attached hydrogens (tertiary/aromatic N) is 1. The van der Waals surface area contributed by atoms with Gasteiger partial charge in [-0.3, -0.25) is 9.59 Å². The molecule has 10 heteroatoms. The number of ether oxygens (including phenoxy) is 3. The van der Waals surface area contributed by atoms with Gasteiger partial charge >= 0.3 is 0 Å². The van der Waals surface area contributed by atoms with E-state index in [4.69, 9.17) is 25.1 Å². The van der Waals surface area contributed by atoms with Crippen molar-refractivity contribution in [1.82, 2.24) is 10.3 Å². The van der Waals surface area contributed by atoms with Crippen molar-refractivity contribution in [3.63, 3.8) is 0 Å². The molecule has 0 saturated heterocycles. The number of para-hydroxylation sites is 1. The Morgan fingerprint density at radius 1 is 1.18 bits per heavy atom. The fraction of sp³-hybridized carbons (Fsp3) is 0.208. The number of primary amides is 1. The van der Waals surface area contributed by atoms with Crippen molar-refractivity contribution < 1.29 is 28.9 Å². The molecule has 0 radical (unpaired) electrons. The molecule has 1 aromatic heterocycles. The van der Waals surface area contributed by atoms with Crippen molar-refractivity contribution in [3.05, 3.63) is 60.2 Å². The first-order chi connectivity index (χ1) is 16.5. The van der Waals surface area contributed by atoms with Gasteiger partial charge in [0.05, 0.1) is 19.4 Å². The molecule has 4 rings (SSSR count). The van der Waals surface area contributed by atoms with Crippen molar-refractivity contribution in [3.8, 4) is 28.6 Å². The minimum atomic E-state index is -0.884. The highest BCUT2D eigenvalue weighted by molar-refractivity contribution is 5.94. The standard InChI is InChI=1S/C24H24N4O6/c1-32-24-18(27-15-7-5-14(6-8-15)23(31)26-11-12-29)10-9-17(28-24)16-3-2-4-19-21(16)34-20(13-33-19)22(25)30/h2-10,20,27,29H,11-13H2,1H3,(H2,25,30)(H,26,31). The van der Waals surface area contributed by atoms with Gasteiger partial charge in [0.15, 0.2) is 11.5 Å². The van der Waals surface area contributed by atoms with Crippen molar-refractivity contribution in [2.24, 2.45) is 5.73 Å². The lowest BCUT2D eigenvalue weighted by molar-refractivity contribution is -0.126. The van der Waals surface area contributed by atoms with Gasteiger partial charge in [0, 0.05) is 23.4 Å². The van der Waals surface area contributed by atoms with Gasteiger partial charge in [-0.15, -0.1) is 0 Å². The molecule has 1 atom stereocenters. The lowest BCUT2D eigenvalue weighted by Crippen LogP contribution is -2.41. The highest BCUT2D eigenvalue weighted by Crippen LogP contribution is 2.41. The molecule has 1 aliphatic heterocycles. The molecule has 10 nitrogen and oxygen atoms in total. The van der Waals surface area contributed by atoms with E-state index < -0.39 is 12.0 Å². The summed E-state index contributed by atoms with van der Waals surface area (Å²) in [5, 5.41) is 14.7. The van der Waals surface area contributed by atoms with E-state index in [2.05, 4.69) is 15.6 Å². The van der Waals surface area contributed by atoms with Gasteiger partial charge in [0.1, 0.15) is 12.3 Å². The number of nitrogens with two attached hydrogens (primary N) is 1. The number of pyridine rings is 1. The van der Waals surface area contributed by atoms with Gasteiger partial charge in [-0.1, -0.05) is 6.07 Å². The number of hydrogen-bond donors (Lipinski definition) is 4. The summed E-state index contributed by atoms with van der Waals surface area (Å²) >= 11 is 0. The highest BCUT2D eigenvalue weighted by atomic mass is 16.6. The molecule has 176 valence electrons. The first-order valence-corrected chi connectivity index (χ1v) is 10.5. The van der Waals surface area contributed by atoms with E-state index in [9.17, 15) is 9.59 Å². The van der Waals surface area contributed by atoms with Crippen LogP contribution in [0.25, 0.3) is 11.3 Å². The lowest BCUT2D eigenvalue weighted by Gasteiger charge is -2.26. The smallest absolute Gasteiger partial charge is 0.262 e. The topological polar surface area (TPSA) is 145 Å². The summed E-state index contributed by atoms with van der Waals surface area (Å²) in [6.45, 7) is 0.122. The van der Waals surface area contributed by atoms with Crippen LogP contribution in [0, 0.1) is 0 Å². The highest BCUT2D eigenvalue weighted by Gasteiger charge is 2.28. The summed E-state index contributed by atoms with van der Waals surface area (Å²) in [5.74, 6) is 0.356. The van der Waals surface area contributed by atoms with Gasteiger partial charge in [0.25, 0.3) is 11.8 Å². The zero-order valence-electron chi connectivity index (χ0n) is 18.4. The van der Waals surface area contributed by atoms with Crippen LogP contribution in [-0.2, 0) is 4.79 Å². The quantitative estimate of drug-likeness (QED) is 0.395. The van der Waals surface area contributed by atoms with Crippen LogP contribution in [0.3, 0.4) is 0 Å². The normalized spacial score (nSPS) is 14.2. The van der Waals surface area contributed by atoms with Crippen LogP contribution in [0.1, 0.15) is 10.4 Å². The number of anilines is 2. The number of aromatic nitrogens is 1. The van der Waals surface area contributed by atoms with Crippen molar-refractivity contribution in [2.75, 3.05) is 32.2 Å². The number of benzene rings is 2. The molecule has 1 aliphatic rings. The van der Waals surface area contributed by atoms with E-state index in [1.807, 2.05) is 0 Å². The zero-order valence-corrected chi connectivity index (χ0v) is 18.4. The van der Waals surface area contributed by atoms with Gasteiger partial charge in [0.2, 0.25) is 12.0 Å². The number of amides is 2. The lowest BCUT2D eigenvalue weighted by atomic mass is 10.1. The molecule has 0 fully saturated rings. The average Bonchev–Trinajstić information content (AvgIpc) is 2.87. The molecule has 0 aliphatic carbocycles. The average molecular weight is 464 g/mol. The first kappa shape index (κ1) is 22.9. The fourth-order valence-corrected chi connectivity index (χ4v) is 3.41. The summed E-state index contributed by atoms with van der Waals surface area (Å²) in [6.07, 6.45) is -0.884. The monoisotopic (exact) mass is 464 g/mol. The summed E-state index contributed by atoms with van der Waals surface area (Å²) in [4.78, 5) is 28.2. The summed E-state index contributed by atoms with van der Waals surface area (Å²) in [6, 6.07) is 15.8. The second-order valence-corrected chi connectivity index (χ2v) is 7.39. The van der Waals surface area contributed by atoms with Crippen LogP contribution in [0.2, 0.25) is 0 Å². The predicted molar refractivity (Wildman–Crippen MR) is 124 cm³/mol. The third-order valence-electron chi connectivity index (χ3n) is 5.10. The minimum Gasteiger partial charge on any atom is -0.485 e. The zero-order chi connectivity index (χ0) is 24.1. The Balaban J connectivity index is 1.57. The van der Waals surface area contributed by atoms with Gasteiger partial charge < -0.3 is 35.7 Å². The predicted octanol–water partition coefficient (Wildman–Crippen LogP) is 1.85. The Labute approximate surface area is 195 Å². The number of fused-ring (bicyclic) bond motifs is 1. The largest absolute Gasteiger partial charge is 0.485 e. The maximum atomic E-state index is 12.0. The third-order valence-corrected chi connectivity index (χ3v) is 5.10. The Morgan fingerprint density at radius 3 is 2.68 bits per heavy atom. The Hall–Kier alpha value is -4.31. The molecule has 2 aromatic carbocycles. The molecule has 0 saturated carbocycles. The molecule has 5 N–H and O–H groups in total. The number of rotatable bonds is 8. The van der Waals surface area contributed by atoms with Crippen LogP contribution in [0.15, 0.2) is 54.6 Å². The van der Waals surface area contributed by atoms with Crippen LogP contribution < -0.4 is 30.6 Å². The fourth-order valence-electron chi connectivity index (χ4n) is 3.41. The number of aliphatic hydroxyl groups is 1. The van der Waals surface area contributed by atoms with Gasteiger partial charge in [-0.25, -0.2) is 4.98 Å². The van der Waals surface area contributed by atoms with Crippen molar-refractivity contribution in [2.45, 2.75) is 6.10 Å². The van der Waals surface area contributed by atoms with Crippen molar-refractivity contribution in [1.29, 1.82) is 0 Å². The van der Waals surface area contributed by atoms with Crippen molar-refractivity contribution >= 4 is 23.2 Å². The van der Waals surface area contributed by atoms with E-state index in [1.165, 1.54) is 7.11 Å². The molecule has 2 amide bonds. The number of aliphatic hydroxyl groups excluding tert-OH is 1. The number of carbonyl (C=O) groups is 2. The molecule has 2 heterocycles. The minimum absolute atomic E-state index is 0.0489. The van der Waals surface area contributed by atoms with E-state index in [-0.39, 0.29) is 25.7 Å². The molecule has 3 aromatic rings. The molecule has 0 spiro atoms. The molecular weight excluding hydrogens is 440 g/mol. The maximum absolute atomic E-state index is 12.0. The molecular formula is C24H24N4O6. The van der Waals surface area contributed by atoms with E-state index >= 15 is 0 Å². The van der Waals surface area contributed by atoms with Crippen LogP contribution >= 0.6 is 0 Å². The summed E-state index contributed by atoms with van der Waals surface area (Å²) in [7, 11) is 1.51. The number of carbonyl (C=O) groups excluding carboxylic acids is 2. The number of methoxy groups -OCH3 is 1. The van der Waals surface area contributed by atoms with Crippen LogP contribution in [0.5, 0.6) is 17.4 Å². The van der Waals surface area contributed by atoms with Crippen LogP contribution in [-0.4, -0.2) is 54.9 Å². The van der Waals surface area contributed by atoms with E-state index in [1.54, 1.807) is 54.6 Å². The summed E-state index contributed by atoms with van der Waals surface area (Å²) < 4.78 is 16.9. The molecule has 34 heavy (non-hydrogen) atoms. The third kappa shape index (κ3) is 4.86. The number of nitrogens with one attached hydrogen (secondary N) is 2. The first-order valence-electron chi connectivity index (χ1n) is 10.5. The van der Waals surface area contributed by atoms with Gasteiger partial charge in [-0.05, 0) is 48.5 Å². The van der Waals surface area contributed by atoms with E-state index in [0.717, 1.165) is 5.69 Å². The Morgan fingerprint density at radius 2 is 1.97 bits per heavy atom. The Bertz CT molecular complexity index is 1200. The summed E-state index contributed by atoms with van der Waals surface area (Å²) in [5.41, 5.74) is 8.38. The van der Waals surface area contributed by atoms with E-state index in [0.29, 0.717) is 39.9 Å². The SMILES string of the molecule is COc1nc(-c2cccc3c2OC(C(N)=O)CO3)ccc1Nc1ccc(C(=O)NCCO)cc1. The number of hydrogen-bond acceptors (Lipinski definition) is 8. The molecule has 1 unspecified atom stereocenters. The second kappa shape index (κ2) is 10.1. The van der Waals surface area contributed by atoms with Gasteiger partial charge in [-0.2, -0.15) is 0 Å². The second-order valence-electron chi connectivity index (χ2n) is 7.39.